The number of Topliss-reactive ketones (excluding diaryl/α,β-unsaturated/α-hetero) is 1. The van der Waals surface area contributed by atoms with Crippen molar-refractivity contribution in [3.8, 4) is 5.69 Å². The molecular formula is C17H14Cl2N4OS. The smallest absolute Gasteiger partial charge is 0.214 e. The monoisotopic (exact) mass is 392 g/mol. The van der Waals surface area contributed by atoms with Gasteiger partial charge in [0.05, 0.1) is 21.5 Å². The normalized spacial score (nSPS) is 10.9. The topological polar surface area (TPSA) is 60.7 Å². The number of benzene rings is 2. The third-order valence-corrected chi connectivity index (χ3v) is 5.48. The van der Waals surface area contributed by atoms with Gasteiger partial charge in [-0.25, -0.2) is 0 Å². The summed E-state index contributed by atoms with van der Waals surface area (Å²) < 4.78 is 1.65. The van der Waals surface area contributed by atoms with E-state index >= 15 is 0 Å². The second-order valence-corrected chi connectivity index (χ2v) is 7.19. The maximum absolute atomic E-state index is 12.4. The molecule has 25 heavy (non-hydrogen) atoms. The van der Waals surface area contributed by atoms with Crippen molar-refractivity contribution >= 4 is 40.7 Å². The van der Waals surface area contributed by atoms with Gasteiger partial charge in [0.1, 0.15) is 0 Å². The predicted molar refractivity (Wildman–Crippen MR) is 100 cm³/mol. The molecule has 128 valence electrons. The minimum absolute atomic E-state index is 0.0703. The molecule has 0 N–H and O–H groups in total. The zero-order chi connectivity index (χ0) is 18.0. The van der Waals surface area contributed by atoms with E-state index in [-0.39, 0.29) is 11.5 Å². The fourth-order valence-electron chi connectivity index (χ4n) is 2.27. The molecular weight excluding hydrogens is 379 g/mol. The Morgan fingerprint density at radius 3 is 2.72 bits per heavy atom. The van der Waals surface area contributed by atoms with Gasteiger partial charge in [-0.1, -0.05) is 47.1 Å². The third-order valence-electron chi connectivity index (χ3n) is 3.82. The quantitative estimate of drug-likeness (QED) is 0.470. The van der Waals surface area contributed by atoms with Crippen molar-refractivity contribution in [2.45, 2.75) is 19.0 Å². The van der Waals surface area contributed by atoms with E-state index in [4.69, 9.17) is 23.2 Å². The minimum Gasteiger partial charge on any atom is -0.293 e. The lowest BCUT2D eigenvalue weighted by molar-refractivity contribution is 0.102. The Morgan fingerprint density at radius 2 is 1.96 bits per heavy atom. The summed E-state index contributed by atoms with van der Waals surface area (Å²) in [4.78, 5) is 12.4. The highest BCUT2D eigenvalue weighted by atomic mass is 35.5. The summed E-state index contributed by atoms with van der Waals surface area (Å²) in [6.45, 7) is 4.05. The van der Waals surface area contributed by atoms with E-state index in [1.165, 1.54) is 11.8 Å². The van der Waals surface area contributed by atoms with Crippen molar-refractivity contribution in [3.05, 3.63) is 63.1 Å². The molecule has 0 aliphatic rings. The summed E-state index contributed by atoms with van der Waals surface area (Å²) in [5.74, 6) is 0.127. The molecule has 2 aromatic carbocycles. The number of aromatic nitrogens is 4. The van der Waals surface area contributed by atoms with Crippen molar-refractivity contribution in [1.29, 1.82) is 0 Å². The summed E-state index contributed by atoms with van der Waals surface area (Å²) in [7, 11) is 0. The van der Waals surface area contributed by atoms with Gasteiger partial charge < -0.3 is 0 Å². The van der Waals surface area contributed by atoms with Crippen LogP contribution >= 0.6 is 35.0 Å². The Labute approximate surface area is 159 Å². The Kier molecular flexibility index (Phi) is 5.42. The molecule has 8 heteroatoms. The molecule has 1 heterocycles. The van der Waals surface area contributed by atoms with Gasteiger partial charge in [-0.05, 0) is 59.7 Å². The average molecular weight is 393 g/mol. The average Bonchev–Trinajstić information content (AvgIpc) is 3.06. The number of nitrogens with zero attached hydrogens (tertiary/aromatic N) is 4. The molecule has 3 aromatic rings. The third kappa shape index (κ3) is 3.86. The molecule has 0 bridgehead atoms. The molecule has 3 rings (SSSR count). The molecule has 1 aromatic heterocycles. The number of rotatable bonds is 5. The molecule has 0 amide bonds. The highest BCUT2D eigenvalue weighted by Gasteiger charge is 2.15. The lowest BCUT2D eigenvalue weighted by Gasteiger charge is -2.09. The molecule has 5 nitrogen and oxygen atoms in total. The molecule has 0 aliphatic heterocycles. The minimum atomic E-state index is -0.0703. The van der Waals surface area contributed by atoms with Crippen LogP contribution in [0.5, 0.6) is 0 Å². The van der Waals surface area contributed by atoms with E-state index < -0.39 is 0 Å². The van der Waals surface area contributed by atoms with Gasteiger partial charge in [-0.3, -0.25) is 4.79 Å². The number of carbonyl (C=O) groups is 1. The maximum Gasteiger partial charge on any atom is 0.214 e. The number of halogens is 2. The van der Waals surface area contributed by atoms with Crippen molar-refractivity contribution in [2.75, 3.05) is 5.75 Å². The highest BCUT2D eigenvalue weighted by molar-refractivity contribution is 7.99. The van der Waals surface area contributed by atoms with E-state index in [2.05, 4.69) is 15.5 Å². The molecule has 0 saturated heterocycles. The van der Waals surface area contributed by atoms with Gasteiger partial charge in [0.2, 0.25) is 5.16 Å². The zero-order valence-corrected chi connectivity index (χ0v) is 15.9. The van der Waals surface area contributed by atoms with Crippen LogP contribution in [-0.2, 0) is 0 Å². The van der Waals surface area contributed by atoms with E-state index in [0.717, 1.165) is 16.8 Å². The first-order valence-corrected chi connectivity index (χ1v) is 9.17. The molecule has 0 fully saturated rings. The number of ketones is 1. The van der Waals surface area contributed by atoms with Gasteiger partial charge in [0.15, 0.2) is 5.78 Å². The first-order valence-electron chi connectivity index (χ1n) is 7.43. The van der Waals surface area contributed by atoms with Crippen molar-refractivity contribution in [1.82, 2.24) is 20.2 Å². The molecule has 0 saturated carbocycles. The predicted octanol–water partition coefficient (Wildman–Crippen LogP) is 4.56. The van der Waals surface area contributed by atoms with E-state index in [9.17, 15) is 4.79 Å². The Bertz CT molecular complexity index is 942. The summed E-state index contributed by atoms with van der Waals surface area (Å²) in [6, 6.07) is 10.8. The van der Waals surface area contributed by atoms with Gasteiger partial charge in [0, 0.05) is 5.56 Å². The summed E-state index contributed by atoms with van der Waals surface area (Å²) in [6.07, 6.45) is 0. The van der Waals surface area contributed by atoms with Crippen LogP contribution in [0.2, 0.25) is 10.0 Å². The lowest BCUT2D eigenvalue weighted by Crippen LogP contribution is -2.06. The Hall–Kier alpha value is -1.89. The Morgan fingerprint density at radius 1 is 1.16 bits per heavy atom. The van der Waals surface area contributed by atoms with Gasteiger partial charge in [-0.2, -0.15) is 4.68 Å². The van der Waals surface area contributed by atoms with Crippen LogP contribution in [0.25, 0.3) is 5.69 Å². The van der Waals surface area contributed by atoms with Gasteiger partial charge in [-0.15, -0.1) is 5.10 Å². The molecule has 0 aliphatic carbocycles. The van der Waals surface area contributed by atoms with Crippen molar-refractivity contribution in [2.24, 2.45) is 0 Å². The number of tetrazole rings is 1. The second kappa shape index (κ2) is 7.56. The van der Waals surface area contributed by atoms with Gasteiger partial charge >= 0.3 is 0 Å². The standard InChI is InChI=1S/C17H14Cl2N4OS/c1-10-4-3-5-15(11(10)2)23-17(20-21-22-23)25-9-16(24)12-6-7-13(18)14(19)8-12/h3-8H,9H2,1-2H3. The van der Waals surface area contributed by atoms with Crippen molar-refractivity contribution < 1.29 is 4.79 Å². The number of hydrogen-bond acceptors (Lipinski definition) is 5. The fourth-order valence-corrected chi connectivity index (χ4v) is 3.34. The van der Waals surface area contributed by atoms with Crippen LogP contribution < -0.4 is 0 Å². The number of thioether (sulfide) groups is 1. The zero-order valence-electron chi connectivity index (χ0n) is 13.5. The SMILES string of the molecule is Cc1cccc(-n2nnnc2SCC(=O)c2ccc(Cl)c(Cl)c2)c1C. The summed E-state index contributed by atoms with van der Waals surface area (Å²) in [5, 5.41) is 13.2. The first kappa shape index (κ1) is 17.9. The van der Waals surface area contributed by atoms with Crippen LogP contribution in [0, 0.1) is 13.8 Å². The van der Waals surface area contributed by atoms with Crippen LogP contribution in [0.15, 0.2) is 41.6 Å². The molecule has 0 spiro atoms. The lowest BCUT2D eigenvalue weighted by atomic mass is 10.1. The Balaban J connectivity index is 1.79. The highest BCUT2D eigenvalue weighted by Crippen LogP contribution is 2.25. The molecule has 0 radical (unpaired) electrons. The number of aryl methyl sites for hydroxylation is 1. The van der Waals surface area contributed by atoms with E-state index in [1.807, 2.05) is 32.0 Å². The van der Waals surface area contributed by atoms with Crippen LogP contribution in [-0.4, -0.2) is 31.7 Å². The summed E-state index contributed by atoms with van der Waals surface area (Å²) in [5.41, 5.74) is 3.64. The first-order chi connectivity index (χ1) is 12.0. The van der Waals surface area contributed by atoms with Crippen LogP contribution in [0.3, 0.4) is 0 Å². The fraction of sp³-hybridized carbons (Fsp3) is 0.176. The molecule has 0 atom stereocenters. The molecule has 0 unspecified atom stereocenters. The van der Waals surface area contributed by atoms with E-state index in [1.54, 1.807) is 22.9 Å². The van der Waals surface area contributed by atoms with E-state index in [0.29, 0.717) is 20.8 Å². The second-order valence-electron chi connectivity index (χ2n) is 5.43. The number of hydrogen-bond donors (Lipinski definition) is 0. The van der Waals surface area contributed by atoms with Crippen molar-refractivity contribution in [3.63, 3.8) is 0 Å². The van der Waals surface area contributed by atoms with Gasteiger partial charge in [0.25, 0.3) is 0 Å². The maximum atomic E-state index is 12.4. The number of carbonyl (C=O) groups excluding carboxylic acids is 1. The summed E-state index contributed by atoms with van der Waals surface area (Å²) >= 11 is 13.1. The van der Waals surface area contributed by atoms with Crippen LogP contribution in [0.1, 0.15) is 21.5 Å². The van der Waals surface area contributed by atoms with Crippen LogP contribution in [0.4, 0.5) is 0 Å². The largest absolute Gasteiger partial charge is 0.293 e.